The monoisotopic (exact) mass is 432 g/mol. The lowest BCUT2D eigenvalue weighted by Crippen LogP contribution is -2.53. The van der Waals surface area contributed by atoms with Gasteiger partial charge in [-0.25, -0.2) is 14.2 Å². The highest BCUT2D eigenvalue weighted by molar-refractivity contribution is 7.15. The number of aromatic nitrogens is 1. The number of ether oxygens (including phenoxy) is 1. The van der Waals surface area contributed by atoms with Gasteiger partial charge in [0, 0.05) is 50.3 Å². The molecule has 1 N–H and O–H groups in total. The molecular formula is C21H25FN4O3S. The summed E-state index contributed by atoms with van der Waals surface area (Å²) in [7, 11) is 0. The second kappa shape index (κ2) is 9.09. The van der Waals surface area contributed by atoms with Gasteiger partial charge in [0.1, 0.15) is 11.9 Å². The molecule has 2 saturated heterocycles. The lowest BCUT2D eigenvalue weighted by molar-refractivity contribution is -0.142. The number of hydrogen-bond acceptors (Lipinski definition) is 5. The van der Waals surface area contributed by atoms with E-state index in [0.29, 0.717) is 49.9 Å². The molecule has 2 fully saturated rings. The average molecular weight is 433 g/mol. The van der Waals surface area contributed by atoms with Crippen molar-refractivity contribution in [1.29, 1.82) is 0 Å². The molecule has 3 amide bonds. The number of piperazine rings is 1. The minimum absolute atomic E-state index is 0.0321. The van der Waals surface area contributed by atoms with Crippen LogP contribution in [0.5, 0.6) is 0 Å². The van der Waals surface area contributed by atoms with E-state index in [0.717, 1.165) is 23.3 Å². The molecule has 0 saturated carbocycles. The molecule has 3 heterocycles. The molecule has 2 aromatic rings. The van der Waals surface area contributed by atoms with E-state index in [4.69, 9.17) is 4.74 Å². The Balaban J connectivity index is 1.27. The van der Waals surface area contributed by atoms with Crippen LogP contribution in [-0.4, -0.2) is 65.6 Å². The van der Waals surface area contributed by atoms with Gasteiger partial charge < -0.3 is 14.5 Å². The number of anilines is 1. The molecule has 4 rings (SSSR count). The molecule has 2 aliphatic rings. The predicted octanol–water partition coefficient (Wildman–Crippen LogP) is 3.04. The number of urea groups is 1. The van der Waals surface area contributed by atoms with Crippen molar-refractivity contribution in [2.24, 2.45) is 0 Å². The van der Waals surface area contributed by atoms with Crippen molar-refractivity contribution in [3.05, 3.63) is 46.2 Å². The van der Waals surface area contributed by atoms with Gasteiger partial charge in [-0.05, 0) is 37.0 Å². The van der Waals surface area contributed by atoms with Crippen LogP contribution in [-0.2, 0) is 16.0 Å². The summed E-state index contributed by atoms with van der Waals surface area (Å²) in [6.07, 6.45) is 3.65. The first-order chi connectivity index (χ1) is 14.5. The number of hydrogen-bond donors (Lipinski definition) is 1. The standard InChI is InChI=1S/C21H25FN4O3S/c1-14-4-5-15(12-17(14)22)11-16-13-23-20(30-16)24-21(28)26-8-6-25(7-9-26)19(27)18-3-2-10-29-18/h4-5,12-13,18H,2-3,6-11H2,1H3,(H,23,24,28). The summed E-state index contributed by atoms with van der Waals surface area (Å²) in [6.45, 7) is 4.35. The molecule has 7 nitrogen and oxygen atoms in total. The summed E-state index contributed by atoms with van der Waals surface area (Å²) >= 11 is 1.38. The Kier molecular flexibility index (Phi) is 6.29. The number of thiazole rings is 1. The van der Waals surface area contributed by atoms with Crippen molar-refractivity contribution >= 4 is 28.4 Å². The highest BCUT2D eigenvalue weighted by Crippen LogP contribution is 2.23. The quantitative estimate of drug-likeness (QED) is 0.806. The van der Waals surface area contributed by atoms with Gasteiger partial charge in [0.15, 0.2) is 5.13 Å². The third kappa shape index (κ3) is 4.79. The molecule has 30 heavy (non-hydrogen) atoms. The summed E-state index contributed by atoms with van der Waals surface area (Å²) < 4.78 is 19.2. The third-order valence-corrected chi connectivity index (χ3v) is 6.38. The molecule has 0 bridgehead atoms. The van der Waals surface area contributed by atoms with Gasteiger partial charge in [-0.1, -0.05) is 12.1 Å². The van der Waals surface area contributed by atoms with Crippen LogP contribution in [0.1, 0.15) is 28.8 Å². The number of aryl methyl sites for hydroxylation is 1. The molecule has 2 aliphatic heterocycles. The van der Waals surface area contributed by atoms with Crippen LogP contribution in [0.15, 0.2) is 24.4 Å². The number of halogens is 1. The van der Waals surface area contributed by atoms with Crippen LogP contribution in [0.3, 0.4) is 0 Å². The predicted molar refractivity (Wildman–Crippen MR) is 112 cm³/mol. The van der Waals surface area contributed by atoms with E-state index in [-0.39, 0.29) is 23.9 Å². The average Bonchev–Trinajstić information content (AvgIpc) is 3.43. The molecule has 160 valence electrons. The van der Waals surface area contributed by atoms with Crippen molar-refractivity contribution in [2.75, 3.05) is 38.1 Å². The molecule has 1 atom stereocenters. The van der Waals surface area contributed by atoms with E-state index < -0.39 is 0 Å². The lowest BCUT2D eigenvalue weighted by atomic mass is 10.1. The number of nitrogens with zero attached hydrogens (tertiary/aromatic N) is 3. The second-order valence-corrected chi connectivity index (χ2v) is 8.75. The van der Waals surface area contributed by atoms with Crippen LogP contribution in [0, 0.1) is 12.7 Å². The molecule has 0 aliphatic carbocycles. The molecule has 1 aromatic carbocycles. The lowest BCUT2D eigenvalue weighted by Gasteiger charge is -2.35. The Labute approximate surface area is 178 Å². The maximum atomic E-state index is 13.7. The molecule has 1 unspecified atom stereocenters. The van der Waals surface area contributed by atoms with Crippen molar-refractivity contribution in [1.82, 2.24) is 14.8 Å². The number of carbonyl (C=O) groups excluding carboxylic acids is 2. The minimum atomic E-state index is -0.318. The number of nitrogens with one attached hydrogen (secondary N) is 1. The fourth-order valence-corrected chi connectivity index (χ4v) is 4.51. The van der Waals surface area contributed by atoms with E-state index in [1.54, 1.807) is 29.0 Å². The summed E-state index contributed by atoms with van der Waals surface area (Å²) in [5, 5.41) is 3.34. The fraction of sp³-hybridized carbons (Fsp3) is 0.476. The first-order valence-corrected chi connectivity index (χ1v) is 11.0. The Bertz CT molecular complexity index is 921. The molecular weight excluding hydrogens is 407 g/mol. The van der Waals surface area contributed by atoms with Crippen molar-refractivity contribution in [3.8, 4) is 0 Å². The fourth-order valence-electron chi connectivity index (χ4n) is 3.67. The summed E-state index contributed by atoms with van der Waals surface area (Å²) in [4.78, 5) is 33.6. The maximum absolute atomic E-state index is 13.7. The smallest absolute Gasteiger partial charge is 0.323 e. The van der Waals surface area contributed by atoms with E-state index in [2.05, 4.69) is 10.3 Å². The van der Waals surface area contributed by atoms with E-state index >= 15 is 0 Å². The van der Waals surface area contributed by atoms with Gasteiger partial charge in [-0.3, -0.25) is 10.1 Å². The molecule has 9 heteroatoms. The van der Waals surface area contributed by atoms with Crippen molar-refractivity contribution < 1.29 is 18.7 Å². The zero-order valence-corrected chi connectivity index (χ0v) is 17.7. The van der Waals surface area contributed by atoms with Gasteiger partial charge >= 0.3 is 6.03 Å². The van der Waals surface area contributed by atoms with E-state index in [1.807, 2.05) is 6.07 Å². The topological polar surface area (TPSA) is 74.8 Å². The third-order valence-electron chi connectivity index (χ3n) is 5.47. The highest BCUT2D eigenvalue weighted by atomic mass is 32.1. The highest BCUT2D eigenvalue weighted by Gasteiger charge is 2.31. The van der Waals surface area contributed by atoms with Crippen LogP contribution in [0.2, 0.25) is 0 Å². The largest absolute Gasteiger partial charge is 0.368 e. The molecule has 0 radical (unpaired) electrons. The summed E-state index contributed by atoms with van der Waals surface area (Å²) in [5.74, 6) is -0.188. The number of amides is 3. The van der Waals surface area contributed by atoms with Gasteiger partial charge in [0.05, 0.1) is 0 Å². The van der Waals surface area contributed by atoms with Crippen LogP contribution >= 0.6 is 11.3 Å². The Morgan fingerprint density at radius 2 is 2.03 bits per heavy atom. The Hall–Kier alpha value is -2.52. The first kappa shape index (κ1) is 20.7. The number of rotatable bonds is 4. The van der Waals surface area contributed by atoms with E-state index in [1.165, 1.54) is 17.4 Å². The zero-order valence-electron chi connectivity index (χ0n) is 16.9. The second-order valence-electron chi connectivity index (χ2n) is 7.64. The molecule has 0 spiro atoms. The van der Waals surface area contributed by atoms with Gasteiger partial charge in [0.25, 0.3) is 5.91 Å². The van der Waals surface area contributed by atoms with Crippen LogP contribution < -0.4 is 5.32 Å². The van der Waals surface area contributed by atoms with Gasteiger partial charge in [-0.2, -0.15) is 0 Å². The maximum Gasteiger partial charge on any atom is 0.323 e. The summed E-state index contributed by atoms with van der Waals surface area (Å²) in [6, 6.07) is 4.97. The van der Waals surface area contributed by atoms with Crippen molar-refractivity contribution in [3.63, 3.8) is 0 Å². The van der Waals surface area contributed by atoms with Gasteiger partial charge in [0.2, 0.25) is 0 Å². The van der Waals surface area contributed by atoms with Crippen LogP contribution in [0.25, 0.3) is 0 Å². The van der Waals surface area contributed by atoms with Crippen LogP contribution in [0.4, 0.5) is 14.3 Å². The van der Waals surface area contributed by atoms with E-state index in [9.17, 15) is 14.0 Å². The first-order valence-electron chi connectivity index (χ1n) is 10.2. The Morgan fingerprint density at radius 3 is 2.73 bits per heavy atom. The normalized spacial score (nSPS) is 19.2. The van der Waals surface area contributed by atoms with Crippen molar-refractivity contribution in [2.45, 2.75) is 32.3 Å². The number of benzene rings is 1. The zero-order chi connectivity index (χ0) is 21.1. The van der Waals surface area contributed by atoms with Gasteiger partial charge in [-0.15, -0.1) is 11.3 Å². The molecule has 1 aromatic heterocycles. The minimum Gasteiger partial charge on any atom is -0.368 e. The number of carbonyl (C=O) groups is 2. The Morgan fingerprint density at radius 1 is 1.27 bits per heavy atom. The summed E-state index contributed by atoms with van der Waals surface area (Å²) in [5.41, 5.74) is 1.49. The SMILES string of the molecule is Cc1ccc(Cc2cnc(NC(=O)N3CCN(C(=O)C4CCCO4)CC3)s2)cc1F.